The maximum Gasteiger partial charge on any atom is 0.380 e. The summed E-state index contributed by atoms with van der Waals surface area (Å²) in [6.07, 6.45) is 1.46. The molecule has 170 valence electrons. The minimum absolute atomic E-state index is 0.00749. The Morgan fingerprint density at radius 1 is 1.00 bits per heavy atom. The minimum Gasteiger partial charge on any atom is -0.497 e. The van der Waals surface area contributed by atoms with Gasteiger partial charge in [0.1, 0.15) is 5.75 Å². The molecule has 0 saturated heterocycles. The molecule has 1 aromatic rings. The van der Waals surface area contributed by atoms with Crippen molar-refractivity contribution in [2.24, 2.45) is 0 Å². The van der Waals surface area contributed by atoms with Crippen molar-refractivity contribution in [2.45, 2.75) is 41.9 Å². The van der Waals surface area contributed by atoms with Gasteiger partial charge < -0.3 is 9.64 Å². The number of halogens is 6. The minimum atomic E-state index is -5.64. The molecule has 2 aliphatic carbocycles. The third-order valence-corrected chi connectivity index (χ3v) is 8.82. The number of thioether (sulfide) groups is 1. The first kappa shape index (κ1) is 21.5. The number of carbonyl (C=O) groups is 1. The molecular weight excluding hydrogens is 456 g/mol. The Hall–Kier alpha value is -2.36. The second-order valence-electron chi connectivity index (χ2n) is 8.58. The lowest BCUT2D eigenvalue weighted by Crippen LogP contribution is -2.59. The largest absolute Gasteiger partial charge is 0.497 e. The van der Waals surface area contributed by atoms with E-state index in [-0.39, 0.29) is 27.4 Å². The van der Waals surface area contributed by atoms with Gasteiger partial charge in [0.05, 0.1) is 17.4 Å². The molecule has 2 atom stereocenters. The normalized spacial score (nSPS) is 32.9. The second kappa shape index (κ2) is 5.76. The maximum atomic E-state index is 15.3. The SMILES string of the molecule is COc1ccc2c(c1)C1=C3C(=C4C=C(C=O)SC4(C)C1(C)N2C)C(F)(F)C(F)(F)C3(F)F. The highest BCUT2D eigenvalue weighted by atomic mass is 32.2. The van der Waals surface area contributed by atoms with E-state index in [9.17, 15) is 13.6 Å². The van der Waals surface area contributed by atoms with Crippen LogP contribution in [0.5, 0.6) is 5.75 Å². The summed E-state index contributed by atoms with van der Waals surface area (Å²) in [6.45, 7) is 3.08. The summed E-state index contributed by atoms with van der Waals surface area (Å²) >= 11 is 0.911. The number of methoxy groups -OCH3 is 1. The van der Waals surface area contributed by atoms with E-state index in [1.54, 1.807) is 31.0 Å². The molecule has 5 rings (SSSR count). The molecule has 1 aromatic carbocycles. The van der Waals surface area contributed by atoms with Gasteiger partial charge in [0.25, 0.3) is 0 Å². The fourth-order valence-electron chi connectivity index (χ4n) is 5.48. The number of rotatable bonds is 2. The van der Waals surface area contributed by atoms with Crippen LogP contribution in [-0.2, 0) is 4.79 Å². The summed E-state index contributed by atoms with van der Waals surface area (Å²) in [4.78, 5) is 13.2. The first-order chi connectivity index (χ1) is 14.7. The standard InChI is InChI=1S/C22H17F6NO2S/c1-18-15(12-7-10(31-4)5-6-14(12)29(18)3)17-16(13-8-11(9-30)32-19(13,18)2)20(23,24)22(27,28)21(17,25)26/h5-9H,1-4H3. The molecule has 0 amide bonds. The van der Waals surface area contributed by atoms with Gasteiger partial charge >= 0.3 is 17.8 Å². The first-order valence-corrected chi connectivity index (χ1v) is 10.5. The van der Waals surface area contributed by atoms with E-state index in [4.69, 9.17) is 4.74 Å². The Labute approximate surface area is 183 Å². The monoisotopic (exact) mass is 473 g/mol. The zero-order chi connectivity index (χ0) is 23.6. The molecule has 10 heteroatoms. The molecule has 32 heavy (non-hydrogen) atoms. The number of hydrogen-bond donors (Lipinski definition) is 0. The van der Waals surface area contributed by atoms with Crippen molar-refractivity contribution in [1.29, 1.82) is 0 Å². The molecule has 4 aliphatic rings. The van der Waals surface area contributed by atoms with E-state index >= 15 is 17.6 Å². The van der Waals surface area contributed by atoms with E-state index < -0.39 is 39.2 Å². The molecular formula is C22H17F6NO2S. The number of allylic oxidation sites excluding steroid dienone is 4. The summed E-state index contributed by atoms with van der Waals surface area (Å²) in [7, 11) is 2.94. The fourth-order valence-corrected chi connectivity index (χ4v) is 6.89. The van der Waals surface area contributed by atoms with E-state index in [1.807, 2.05) is 0 Å². The summed E-state index contributed by atoms with van der Waals surface area (Å²) < 4.78 is 93.8. The van der Waals surface area contributed by atoms with Crippen LogP contribution in [0.4, 0.5) is 32.0 Å². The summed E-state index contributed by atoms with van der Waals surface area (Å²) in [5.41, 5.74) is -4.35. The van der Waals surface area contributed by atoms with Gasteiger partial charge in [0, 0.05) is 34.3 Å². The number of carbonyl (C=O) groups excluding carboxylic acids is 1. The second-order valence-corrected chi connectivity index (χ2v) is 10.1. The number of aldehydes is 1. The Morgan fingerprint density at radius 3 is 2.22 bits per heavy atom. The molecule has 3 nitrogen and oxygen atoms in total. The highest BCUT2D eigenvalue weighted by molar-refractivity contribution is 8.05. The van der Waals surface area contributed by atoms with Crippen LogP contribution in [0.3, 0.4) is 0 Å². The summed E-state index contributed by atoms with van der Waals surface area (Å²) in [5.74, 6) is -15.6. The van der Waals surface area contributed by atoms with E-state index in [2.05, 4.69) is 0 Å². The van der Waals surface area contributed by atoms with Gasteiger partial charge in [-0.15, -0.1) is 11.8 Å². The van der Waals surface area contributed by atoms with Crippen molar-refractivity contribution in [3.05, 3.63) is 51.5 Å². The molecule has 0 aromatic heterocycles. The van der Waals surface area contributed by atoms with E-state index in [1.165, 1.54) is 20.1 Å². The predicted molar refractivity (Wildman–Crippen MR) is 109 cm³/mol. The Kier molecular flexibility index (Phi) is 3.87. The zero-order valence-corrected chi connectivity index (χ0v) is 18.1. The topological polar surface area (TPSA) is 29.5 Å². The van der Waals surface area contributed by atoms with E-state index in [0.717, 1.165) is 17.8 Å². The number of hydrogen-bond acceptors (Lipinski definition) is 4. The van der Waals surface area contributed by atoms with Crippen molar-refractivity contribution in [2.75, 3.05) is 19.1 Å². The van der Waals surface area contributed by atoms with Crippen LogP contribution in [0.25, 0.3) is 5.57 Å². The Morgan fingerprint density at radius 2 is 1.62 bits per heavy atom. The van der Waals surface area contributed by atoms with E-state index in [0.29, 0.717) is 12.0 Å². The molecule has 1 fully saturated rings. The van der Waals surface area contributed by atoms with Crippen LogP contribution in [0.15, 0.2) is 45.9 Å². The number of alkyl halides is 6. The molecule has 0 N–H and O–H groups in total. The van der Waals surface area contributed by atoms with Crippen molar-refractivity contribution >= 4 is 29.3 Å². The average Bonchev–Trinajstić information content (AvgIpc) is 3.23. The lowest BCUT2D eigenvalue weighted by Gasteiger charge is -2.51. The van der Waals surface area contributed by atoms with Gasteiger partial charge in [0.15, 0.2) is 6.29 Å². The molecule has 2 heterocycles. The van der Waals surface area contributed by atoms with Crippen LogP contribution < -0.4 is 9.64 Å². The molecule has 0 radical (unpaired) electrons. The highest BCUT2D eigenvalue weighted by Gasteiger charge is 2.84. The van der Waals surface area contributed by atoms with Crippen molar-refractivity contribution in [1.82, 2.24) is 0 Å². The number of likely N-dealkylation sites (N-methyl/N-ethyl adjacent to an activating group) is 1. The molecule has 2 aliphatic heterocycles. The average molecular weight is 473 g/mol. The Bertz CT molecular complexity index is 1200. The van der Waals surface area contributed by atoms with Crippen molar-refractivity contribution in [3.8, 4) is 5.75 Å². The molecule has 2 unspecified atom stereocenters. The van der Waals surface area contributed by atoms with Gasteiger partial charge in [-0.2, -0.15) is 26.3 Å². The van der Waals surface area contributed by atoms with Crippen LogP contribution in [0.1, 0.15) is 19.4 Å². The lowest BCUT2D eigenvalue weighted by atomic mass is 9.66. The third-order valence-electron chi connectivity index (χ3n) is 7.35. The maximum absolute atomic E-state index is 15.3. The first-order valence-electron chi connectivity index (χ1n) is 9.64. The van der Waals surface area contributed by atoms with Crippen LogP contribution in [0.2, 0.25) is 0 Å². The van der Waals surface area contributed by atoms with Gasteiger partial charge in [-0.25, -0.2) is 0 Å². The third kappa shape index (κ3) is 1.94. The highest BCUT2D eigenvalue weighted by Crippen LogP contribution is 2.74. The summed E-state index contributed by atoms with van der Waals surface area (Å²) in [5, 5.41) is 0. The number of anilines is 1. The number of fused-ring (bicyclic) bond motifs is 6. The van der Waals surface area contributed by atoms with Crippen LogP contribution in [0, 0.1) is 0 Å². The molecule has 0 spiro atoms. The molecule has 0 bridgehead atoms. The number of nitrogens with zero attached hydrogens (tertiary/aromatic N) is 1. The van der Waals surface area contributed by atoms with Crippen molar-refractivity contribution < 1.29 is 35.9 Å². The molecule has 1 saturated carbocycles. The zero-order valence-electron chi connectivity index (χ0n) is 17.3. The smallest absolute Gasteiger partial charge is 0.380 e. The van der Waals surface area contributed by atoms with Gasteiger partial charge in [0.2, 0.25) is 0 Å². The van der Waals surface area contributed by atoms with Gasteiger partial charge in [-0.05, 0) is 49.3 Å². The quantitative estimate of drug-likeness (QED) is 0.421. The Balaban J connectivity index is 2.01. The predicted octanol–water partition coefficient (Wildman–Crippen LogP) is 5.48. The van der Waals surface area contributed by atoms with Gasteiger partial charge in [-0.1, -0.05) is 0 Å². The number of ether oxygens (including phenoxy) is 1. The van der Waals surface area contributed by atoms with Crippen LogP contribution in [-0.4, -0.2) is 48.5 Å². The number of benzene rings is 1. The van der Waals surface area contributed by atoms with Crippen molar-refractivity contribution in [3.63, 3.8) is 0 Å². The van der Waals surface area contributed by atoms with Gasteiger partial charge in [-0.3, -0.25) is 4.79 Å². The lowest BCUT2D eigenvalue weighted by molar-refractivity contribution is -0.257. The summed E-state index contributed by atoms with van der Waals surface area (Å²) in [6, 6.07) is 4.54. The fraction of sp³-hybridized carbons (Fsp3) is 0.409. The van der Waals surface area contributed by atoms with Crippen LogP contribution >= 0.6 is 11.8 Å².